The molecule has 0 saturated carbocycles. The molecule has 1 aliphatic rings. The number of aryl methyl sites for hydroxylation is 4. The zero-order valence-electron chi connectivity index (χ0n) is 12.6. The van der Waals surface area contributed by atoms with Crippen LogP contribution in [0.3, 0.4) is 0 Å². The van der Waals surface area contributed by atoms with Gasteiger partial charge in [0.1, 0.15) is 5.82 Å². The van der Waals surface area contributed by atoms with E-state index in [1.165, 1.54) is 29.8 Å². The quantitative estimate of drug-likeness (QED) is 0.910. The number of aromatic nitrogens is 2. The van der Waals surface area contributed by atoms with Gasteiger partial charge in [0.2, 0.25) is 0 Å². The minimum Gasteiger partial charge on any atom is -0.345 e. The second-order valence-electron chi connectivity index (χ2n) is 5.80. The fourth-order valence-corrected chi connectivity index (χ4v) is 2.74. The SMILES string of the molecule is Cc1ccc(C(=O)NCc2nc3c([nH]2)CCCC3)cc1C. The van der Waals surface area contributed by atoms with E-state index in [4.69, 9.17) is 0 Å². The summed E-state index contributed by atoms with van der Waals surface area (Å²) in [5.41, 5.74) is 5.46. The van der Waals surface area contributed by atoms with Gasteiger partial charge in [-0.05, 0) is 62.8 Å². The number of benzene rings is 1. The topological polar surface area (TPSA) is 57.8 Å². The third-order valence-corrected chi connectivity index (χ3v) is 4.19. The van der Waals surface area contributed by atoms with Gasteiger partial charge in [-0.1, -0.05) is 6.07 Å². The first-order valence-corrected chi connectivity index (χ1v) is 7.55. The lowest BCUT2D eigenvalue weighted by atomic mass is 10.0. The molecule has 1 aromatic carbocycles. The Morgan fingerprint density at radius 2 is 2.05 bits per heavy atom. The summed E-state index contributed by atoms with van der Waals surface area (Å²) >= 11 is 0. The molecule has 0 aliphatic heterocycles. The molecule has 0 bridgehead atoms. The maximum atomic E-state index is 12.2. The highest BCUT2D eigenvalue weighted by Crippen LogP contribution is 2.18. The lowest BCUT2D eigenvalue weighted by molar-refractivity contribution is 0.0950. The third kappa shape index (κ3) is 2.99. The molecule has 1 aliphatic carbocycles. The lowest BCUT2D eigenvalue weighted by Crippen LogP contribution is -2.23. The number of fused-ring (bicyclic) bond motifs is 1. The lowest BCUT2D eigenvalue weighted by Gasteiger charge is -2.07. The van der Waals surface area contributed by atoms with Crippen molar-refractivity contribution >= 4 is 5.91 Å². The van der Waals surface area contributed by atoms with Gasteiger partial charge < -0.3 is 10.3 Å². The average molecular weight is 283 g/mol. The molecule has 1 heterocycles. The van der Waals surface area contributed by atoms with Crippen molar-refractivity contribution in [3.8, 4) is 0 Å². The van der Waals surface area contributed by atoms with Crippen LogP contribution < -0.4 is 5.32 Å². The highest BCUT2D eigenvalue weighted by atomic mass is 16.1. The number of nitrogens with one attached hydrogen (secondary N) is 2. The second-order valence-corrected chi connectivity index (χ2v) is 5.80. The van der Waals surface area contributed by atoms with Crippen LogP contribution in [0.5, 0.6) is 0 Å². The molecule has 21 heavy (non-hydrogen) atoms. The number of H-pyrrole nitrogens is 1. The van der Waals surface area contributed by atoms with Crippen LogP contribution in [-0.2, 0) is 19.4 Å². The second kappa shape index (κ2) is 5.72. The minimum atomic E-state index is -0.0486. The van der Waals surface area contributed by atoms with Crippen LogP contribution in [0.4, 0.5) is 0 Å². The molecule has 110 valence electrons. The molecule has 0 saturated heterocycles. The van der Waals surface area contributed by atoms with Crippen LogP contribution in [0.1, 0.15) is 51.5 Å². The van der Waals surface area contributed by atoms with Gasteiger partial charge in [0, 0.05) is 11.3 Å². The van der Waals surface area contributed by atoms with Crippen LogP contribution in [0.2, 0.25) is 0 Å². The van der Waals surface area contributed by atoms with Crippen molar-refractivity contribution in [1.82, 2.24) is 15.3 Å². The van der Waals surface area contributed by atoms with Gasteiger partial charge in [-0.25, -0.2) is 4.98 Å². The first-order valence-electron chi connectivity index (χ1n) is 7.55. The molecule has 0 spiro atoms. The van der Waals surface area contributed by atoms with Crippen molar-refractivity contribution in [2.24, 2.45) is 0 Å². The molecule has 0 unspecified atom stereocenters. The smallest absolute Gasteiger partial charge is 0.251 e. The molecular formula is C17H21N3O. The standard InChI is InChI=1S/C17H21N3O/c1-11-7-8-13(9-12(11)2)17(21)18-10-16-19-14-5-3-4-6-15(14)20-16/h7-9H,3-6,10H2,1-2H3,(H,18,21)(H,19,20). The molecular weight excluding hydrogens is 262 g/mol. The van der Waals surface area contributed by atoms with Crippen molar-refractivity contribution in [3.05, 3.63) is 52.1 Å². The van der Waals surface area contributed by atoms with E-state index in [1.807, 2.05) is 32.0 Å². The largest absolute Gasteiger partial charge is 0.345 e. The summed E-state index contributed by atoms with van der Waals surface area (Å²) in [4.78, 5) is 20.1. The van der Waals surface area contributed by atoms with E-state index >= 15 is 0 Å². The van der Waals surface area contributed by atoms with E-state index in [2.05, 4.69) is 15.3 Å². The zero-order chi connectivity index (χ0) is 14.8. The highest BCUT2D eigenvalue weighted by molar-refractivity contribution is 5.94. The van der Waals surface area contributed by atoms with E-state index in [-0.39, 0.29) is 5.91 Å². The van der Waals surface area contributed by atoms with Gasteiger partial charge >= 0.3 is 0 Å². The number of imidazole rings is 1. The van der Waals surface area contributed by atoms with Crippen molar-refractivity contribution in [3.63, 3.8) is 0 Å². The van der Waals surface area contributed by atoms with Crippen LogP contribution in [0.25, 0.3) is 0 Å². The maximum Gasteiger partial charge on any atom is 0.251 e. The molecule has 0 radical (unpaired) electrons. The number of aromatic amines is 1. The Bertz CT molecular complexity index is 649. The third-order valence-electron chi connectivity index (χ3n) is 4.19. The number of hydrogen-bond donors (Lipinski definition) is 2. The monoisotopic (exact) mass is 283 g/mol. The summed E-state index contributed by atoms with van der Waals surface area (Å²) in [5.74, 6) is 0.812. The normalized spacial score (nSPS) is 13.8. The van der Waals surface area contributed by atoms with Crippen molar-refractivity contribution in [2.75, 3.05) is 0 Å². The van der Waals surface area contributed by atoms with Crippen LogP contribution in [0, 0.1) is 13.8 Å². The predicted molar refractivity (Wildman–Crippen MR) is 82.3 cm³/mol. The average Bonchev–Trinajstić information content (AvgIpc) is 2.90. The molecule has 1 aromatic heterocycles. The molecule has 0 fully saturated rings. The fraction of sp³-hybridized carbons (Fsp3) is 0.412. The number of nitrogens with zero attached hydrogens (tertiary/aromatic N) is 1. The number of hydrogen-bond acceptors (Lipinski definition) is 2. The van der Waals surface area contributed by atoms with Crippen LogP contribution in [0.15, 0.2) is 18.2 Å². The van der Waals surface area contributed by atoms with Crippen LogP contribution >= 0.6 is 0 Å². The summed E-state index contributed by atoms with van der Waals surface area (Å²) < 4.78 is 0. The molecule has 0 atom stereocenters. The number of carbonyl (C=O) groups excluding carboxylic acids is 1. The van der Waals surface area contributed by atoms with E-state index in [1.54, 1.807) is 0 Å². The Balaban J connectivity index is 1.65. The van der Waals surface area contributed by atoms with Crippen molar-refractivity contribution in [1.29, 1.82) is 0 Å². The summed E-state index contributed by atoms with van der Waals surface area (Å²) in [6, 6.07) is 5.78. The van der Waals surface area contributed by atoms with Crippen molar-refractivity contribution < 1.29 is 4.79 Å². The number of rotatable bonds is 3. The first kappa shape index (κ1) is 13.9. The van der Waals surface area contributed by atoms with Gasteiger partial charge in [0.25, 0.3) is 5.91 Å². The van der Waals surface area contributed by atoms with Gasteiger partial charge in [0.15, 0.2) is 0 Å². The van der Waals surface area contributed by atoms with E-state index < -0.39 is 0 Å². The molecule has 1 amide bonds. The first-order chi connectivity index (χ1) is 10.1. The van der Waals surface area contributed by atoms with Crippen molar-refractivity contribution in [2.45, 2.75) is 46.1 Å². The Kier molecular flexibility index (Phi) is 3.78. The molecule has 4 nitrogen and oxygen atoms in total. The fourth-order valence-electron chi connectivity index (χ4n) is 2.74. The molecule has 2 N–H and O–H groups in total. The molecule has 3 rings (SSSR count). The van der Waals surface area contributed by atoms with E-state index in [0.717, 1.165) is 24.2 Å². The van der Waals surface area contributed by atoms with Gasteiger partial charge in [-0.15, -0.1) is 0 Å². The van der Waals surface area contributed by atoms with Gasteiger partial charge in [0.05, 0.1) is 12.2 Å². The highest BCUT2D eigenvalue weighted by Gasteiger charge is 2.14. The maximum absolute atomic E-state index is 12.2. The summed E-state index contributed by atoms with van der Waals surface area (Å²) in [6.07, 6.45) is 4.57. The van der Waals surface area contributed by atoms with Gasteiger partial charge in [-0.2, -0.15) is 0 Å². The Labute approximate surface area is 125 Å². The number of amides is 1. The minimum absolute atomic E-state index is 0.0486. The summed E-state index contributed by atoms with van der Waals surface area (Å²) in [6.45, 7) is 4.52. The molecule has 2 aromatic rings. The Hall–Kier alpha value is -2.10. The number of carbonyl (C=O) groups is 1. The van der Waals surface area contributed by atoms with Crippen LogP contribution in [-0.4, -0.2) is 15.9 Å². The summed E-state index contributed by atoms with van der Waals surface area (Å²) in [7, 11) is 0. The van der Waals surface area contributed by atoms with E-state index in [0.29, 0.717) is 12.1 Å². The van der Waals surface area contributed by atoms with Gasteiger partial charge in [-0.3, -0.25) is 4.79 Å². The molecule has 4 heteroatoms. The Morgan fingerprint density at radius 1 is 1.24 bits per heavy atom. The summed E-state index contributed by atoms with van der Waals surface area (Å²) in [5, 5.41) is 2.94. The Morgan fingerprint density at radius 3 is 2.81 bits per heavy atom. The van der Waals surface area contributed by atoms with E-state index in [9.17, 15) is 4.79 Å². The zero-order valence-corrected chi connectivity index (χ0v) is 12.6. The predicted octanol–water partition coefficient (Wildman–Crippen LogP) is 2.84.